The van der Waals surface area contributed by atoms with Gasteiger partial charge in [-0.1, -0.05) is 12.1 Å². The van der Waals surface area contributed by atoms with Gasteiger partial charge in [0, 0.05) is 26.2 Å². The third-order valence-electron chi connectivity index (χ3n) is 4.80. The monoisotopic (exact) mass is 421 g/mol. The number of nitrogens with one attached hydrogen (secondary N) is 1. The van der Waals surface area contributed by atoms with E-state index >= 15 is 0 Å². The van der Waals surface area contributed by atoms with Gasteiger partial charge in [-0.2, -0.15) is 4.31 Å². The molecule has 156 valence electrons. The molecule has 1 fully saturated rings. The molecule has 0 bridgehead atoms. The fraction of sp³-hybridized carbons (Fsp3) is 0.350. The van der Waals surface area contributed by atoms with E-state index in [4.69, 9.17) is 4.74 Å². The van der Waals surface area contributed by atoms with Gasteiger partial charge in [-0.05, 0) is 42.9 Å². The van der Waals surface area contributed by atoms with Gasteiger partial charge >= 0.3 is 0 Å². The van der Waals surface area contributed by atoms with Gasteiger partial charge in [0.05, 0.1) is 24.1 Å². The van der Waals surface area contributed by atoms with Crippen LogP contribution in [0.4, 0.5) is 10.1 Å². The molecule has 0 atom stereocenters. The summed E-state index contributed by atoms with van der Waals surface area (Å²) in [5, 5.41) is 2.67. The zero-order valence-electron chi connectivity index (χ0n) is 16.4. The van der Waals surface area contributed by atoms with Crippen LogP contribution in [0, 0.1) is 5.82 Å². The number of hydrogen-bond acceptors (Lipinski definition) is 5. The molecule has 0 spiro atoms. The highest BCUT2D eigenvalue weighted by Gasteiger charge is 2.28. The Kier molecular flexibility index (Phi) is 6.51. The summed E-state index contributed by atoms with van der Waals surface area (Å²) in [6, 6.07) is 10.1. The van der Waals surface area contributed by atoms with E-state index in [9.17, 15) is 17.6 Å². The molecule has 1 N–H and O–H groups in total. The molecule has 1 aliphatic rings. The second kappa shape index (κ2) is 8.89. The third kappa shape index (κ3) is 5.11. The highest BCUT2D eigenvalue weighted by molar-refractivity contribution is 7.89. The number of likely N-dealkylation sites (N-methyl/N-ethyl adjacent to an activating group) is 1. The summed E-state index contributed by atoms with van der Waals surface area (Å²) in [7, 11) is -0.298. The van der Waals surface area contributed by atoms with Crippen molar-refractivity contribution < 1.29 is 22.3 Å². The molecule has 0 aliphatic carbocycles. The van der Waals surface area contributed by atoms with Gasteiger partial charge < -0.3 is 15.0 Å². The molecule has 0 aromatic heterocycles. The fourth-order valence-electron chi connectivity index (χ4n) is 3.15. The lowest BCUT2D eigenvalue weighted by Gasteiger charge is -2.31. The minimum Gasteiger partial charge on any atom is -0.495 e. The molecule has 9 heteroatoms. The average molecular weight is 421 g/mol. The predicted octanol–water partition coefficient (Wildman–Crippen LogP) is 1.95. The van der Waals surface area contributed by atoms with E-state index in [1.54, 1.807) is 6.07 Å². The van der Waals surface area contributed by atoms with Crippen molar-refractivity contribution in [2.24, 2.45) is 0 Å². The second-order valence-corrected chi connectivity index (χ2v) is 8.86. The molecule has 1 heterocycles. The molecule has 7 nitrogen and oxygen atoms in total. The minimum absolute atomic E-state index is 0.0453. The van der Waals surface area contributed by atoms with Crippen LogP contribution in [0.3, 0.4) is 0 Å². The Balaban J connectivity index is 1.80. The number of ether oxygens (including phenoxy) is 1. The molecule has 0 radical (unpaired) electrons. The number of hydrogen-bond donors (Lipinski definition) is 1. The molecular weight excluding hydrogens is 397 g/mol. The van der Waals surface area contributed by atoms with Gasteiger partial charge in [0.1, 0.15) is 11.6 Å². The van der Waals surface area contributed by atoms with E-state index in [1.165, 1.54) is 47.8 Å². The number of carbonyl (C=O) groups is 1. The number of sulfonamides is 1. The van der Waals surface area contributed by atoms with E-state index in [2.05, 4.69) is 10.2 Å². The molecular formula is C20H24FN3O4S. The number of anilines is 1. The van der Waals surface area contributed by atoms with Crippen LogP contribution in [0.15, 0.2) is 47.4 Å². The first-order chi connectivity index (χ1) is 13.8. The standard InChI is InChI=1S/C20H24FN3O4S/c1-23-8-10-24(11-9-23)29(26,27)17-6-7-19(28-2)18(14-17)22-20(25)13-15-4-3-5-16(21)12-15/h3-7,12,14H,8-11,13H2,1-2H3,(H,22,25). The molecule has 1 saturated heterocycles. The number of rotatable bonds is 6. The Morgan fingerprint density at radius 3 is 2.52 bits per heavy atom. The number of piperazine rings is 1. The Hall–Kier alpha value is -2.49. The van der Waals surface area contributed by atoms with Gasteiger partial charge in [-0.15, -0.1) is 0 Å². The van der Waals surface area contributed by atoms with Gasteiger partial charge in [0.25, 0.3) is 0 Å². The van der Waals surface area contributed by atoms with Crippen LogP contribution >= 0.6 is 0 Å². The van der Waals surface area contributed by atoms with Crippen LogP contribution in [0.5, 0.6) is 5.75 Å². The lowest BCUT2D eigenvalue weighted by Crippen LogP contribution is -2.47. The van der Waals surface area contributed by atoms with Gasteiger partial charge in [-0.3, -0.25) is 4.79 Å². The van der Waals surface area contributed by atoms with Crippen molar-refractivity contribution >= 4 is 21.6 Å². The molecule has 0 saturated carbocycles. The van der Waals surface area contributed by atoms with Crippen LogP contribution in [-0.4, -0.2) is 63.9 Å². The lowest BCUT2D eigenvalue weighted by molar-refractivity contribution is -0.115. The van der Waals surface area contributed by atoms with E-state index in [-0.39, 0.29) is 17.0 Å². The van der Waals surface area contributed by atoms with Crippen LogP contribution in [-0.2, 0) is 21.2 Å². The topological polar surface area (TPSA) is 79.0 Å². The number of nitrogens with zero attached hydrogens (tertiary/aromatic N) is 2. The van der Waals surface area contributed by atoms with E-state index in [0.29, 0.717) is 37.5 Å². The maximum absolute atomic E-state index is 13.3. The molecule has 1 amide bonds. The SMILES string of the molecule is COc1ccc(S(=O)(=O)N2CCN(C)CC2)cc1NC(=O)Cc1cccc(F)c1. The Morgan fingerprint density at radius 1 is 1.14 bits per heavy atom. The fourth-order valence-corrected chi connectivity index (χ4v) is 4.60. The number of carbonyl (C=O) groups excluding carboxylic acids is 1. The van der Waals surface area contributed by atoms with Crippen molar-refractivity contribution in [3.8, 4) is 5.75 Å². The number of halogens is 1. The molecule has 3 rings (SSSR count). The van der Waals surface area contributed by atoms with Crippen molar-refractivity contribution in [3.63, 3.8) is 0 Å². The Labute approximate surface area is 170 Å². The number of amides is 1. The zero-order chi connectivity index (χ0) is 21.0. The predicted molar refractivity (Wildman–Crippen MR) is 108 cm³/mol. The third-order valence-corrected chi connectivity index (χ3v) is 6.69. The van der Waals surface area contributed by atoms with Crippen LogP contribution < -0.4 is 10.1 Å². The van der Waals surface area contributed by atoms with Crippen LogP contribution in [0.1, 0.15) is 5.56 Å². The van der Waals surface area contributed by atoms with Crippen molar-refractivity contribution in [2.75, 3.05) is 45.7 Å². The average Bonchev–Trinajstić information content (AvgIpc) is 2.68. The number of benzene rings is 2. The summed E-state index contributed by atoms with van der Waals surface area (Å²) in [5.41, 5.74) is 0.770. The molecule has 0 unspecified atom stereocenters. The van der Waals surface area contributed by atoms with Crippen LogP contribution in [0.2, 0.25) is 0 Å². The summed E-state index contributed by atoms with van der Waals surface area (Å²) in [6.07, 6.45) is -0.0453. The van der Waals surface area contributed by atoms with Gasteiger partial charge in [0.2, 0.25) is 15.9 Å². The first-order valence-corrected chi connectivity index (χ1v) is 10.6. The molecule has 2 aromatic carbocycles. The normalized spacial score (nSPS) is 15.8. The first kappa shape index (κ1) is 21.2. The van der Waals surface area contributed by atoms with E-state index in [0.717, 1.165) is 0 Å². The first-order valence-electron chi connectivity index (χ1n) is 9.20. The quantitative estimate of drug-likeness (QED) is 0.771. The van der Waals surface area contributed by atoms with Gasteiger partial charge in [-0.25, -0.2) is 12.8 Å². The zero-order valence-corrected chi connectivity index (χ0v) is 17.2. The summed E-state index contributed by atoms with van der Waals surface area (Å²) in [5.74, 6) is -0.480. The summed E-state index contributed by atoms with van der Waals surface area (Å²) in [4.78, 5) is 14.6. The van der Waals surface area contributed by atoms with Gasteiger partial charge in [0.15, 0.2) is 0 Å². The second-order valence-electron chi connectivity index (χ2n) is 6.92. The molecule has 2 aromatic rings. The Bertz CT molecular complexity index is 989. The summed E-state index contributed by atoms with van der Waals surface area (Å²) < 4.78 is 46.0. The van der Waals surface area contributed by atoms with Crippen molar-refractivity contribution in [2.45, 2.75) is 11.3 Å². The Morgan fingerprint density at radius 2 is 1.86 bits per heavy atom. The smallest absolute Gasteiger partial charge is 0.243 e. The maximum atomic E-state index is 13.3. The molecule has 1 aliphatic heterocycles. The summed E-state index contributed by atoms with van der Waals surface area (Å²) in [6.45, 7) is 2.14. The van der Waals surface area contributed by atoms with Crippen molar-refractivity contribution in [1.82, 2.24) is 9.21 Å². The van der Waals surface area contributed by atoms with E-state index < -0.39 is 21.7 Å². The van der Waals surface area contributed by atoms with Crippen LogP contribution in [0.25, 0.3) is 0 Å². The highest BCUT2D eigenvalue weighted by atomic mass is 32.2. The minimum atomic E-state index is -3.68. The number of methoxy groups -OCH3 is 1. The van der Waals surface area contributed by atoms with E-state index in [1.807, 2.05) is 7.05 Å². The maximum Gasteiger partial charge on any atom is 0.243 e. The molecule has 29 heavy (non-hydrogen) atoms. The highest BCUT2D eigenvalue weighted by Crippen LogP contribution is 2.29. The van der Waals surface area contributed by atoms with Crippen molar-refractivity contribution in [1.29, 1.82) is 0 Å². The lowest BCUT2D eigenvalue weighted by atomic mass is 10.1. The summed E-state index contributed by atoms with van der Waals surface area (Å²) >= 11 is 0. The largest absolute Gasteiger partial charge is 0.495 e. The van der Waals surface area contributed by atoms with Crippen molar-refractivity contribution in [3.05, 3.63) is 53.8 Å².